The quantitative estimate of drug-likeness (QED) is 0.650. The van der Waals surface area contributed by atoms with Crippen LogP contribution in [0.1, 0.15) is 0 Å². The van der Waals surface area contributed by atoms with Crippen molar-refractivity contribution in [1.82, 2.24) is 15.5 Å². The summed E-state index contributed by atoms with van der Waals surface area (Å²) in [7, 11) is 2.04. The van der Waals surface area contributed by atoms with E-state index in [1.807, 2.05) is 56.2 Å². The number of dihydropyridines is 2. The lowest BCUT2D eigenvalue weighted by molar-refractivity contribution is -0.113. The van der Waals surface area contributed by atoms with E-state index >= 15 is 0 Å². The fourth-order valence-corrected chi connectivity index (χ4v) is 2.54. The van der Waals surface area contributed by atoms with E-state index in [1.54, 1.807) is 0 Å². The average molecular weight is 267 g/mol. The summed E-state index contributed by atoms with van der Waals surface area (Å²) >= 11 is 0. The molecule has 0 radical (unpaired) electrons. The molecule has 0 aromatic carbocycles. The van der Waals surface area contributed by atoms with Crippen LogP contribution < -0.4 is 10.6 Å². The van der Waals surface area contributed by atoms with E-state index in [0.29, 0.717) is 13.1 Å². The largest absolute Gasteiger partial charge is 0.368 e. The highest BCUT2D eigenvalue weighted by Crippen LogP contribution is 2.25. The maximum atomic E-state index is 12.8. The molecular formula is C16H17N3O. The van der Waals surface area contributed by atoms with Crippen molar-refractivity contribution in [3.63, 3.8) is 0 Å². The molecule has 0 aromatic heterocycles. The minimum atomic E-state index is 0.153. The molecule has 3 rings (SSSR count). The zero-order valence-electron chi connectivity index (χ0n) is 11.4. The van der Waals surface area contributed by atoms with Gasteiger partial charge in [-0.2, -0.15) is 0 Å². The van der Waals surface area contributed by atoms with E-state index in [0.717, 1.165) is 22.3 Å². The number of hydrogen-bond donors (Lipinski definition) is 2. The molecule has 3 aliphatic rings. The Morgan fingerprint density at radius 1 is 0.850 bits per heavy atom. The molecule has 0 aliphatic carbocycles. The minimum Gasteiger partial charge on any atom is -0.368 e. The van der Waals surface area contributed by atoms with Crippen LogP contribution in [0.5, 0.6) is 0 Å². The van der Waals surface area contributed by atoms with E-state index in [1.165, 1.54) is 0 Å². The second-order valence-corrected chi connectivity index (χ2v) is 5.04. The van der Waals surface area contributed by atoms with Crippen LogP contribution in [0.25, 0.3) is 0 Å². The number of hydrogen-bond acceptors (Lipinski definition) is 4. The molecule has 1 saturated heterocycles. The molecule has 0 atom stereocenters. The lowest BCUT2D eigenvalue weighted by atomic mass is 9.90. The van der Waals surface area contributed by atoms with Gasteiger partial charge in [0.15, 0.2) is 5.78 Å². The van der Waals surface area contributed by atoms with Crippen LogP contribution in [0, 0.1) is 0 Å². The van der Waals surface area contributed by atoms with Gasteiger partial charge >= 0.3 is 0 Å². The number of nitrogens with zero attached hydrogens (tertiary/aromatic N) is 1. The normalized spacial score (nSPS) is 22.4. The van der Waals surface area contributed by atoms with Gasteiger partial charge in [-0.25, -0.2) is 0 Å². The number of allylic oxidation sites excluding steroid dienone is 6. The van der Waals surface area contributed by atoms with Gasteiger partial charge in [0.1, 0.15) is 0 Å². The topological polar surface area (TPSA) is 44.4 Å². The van der Waals surface area contributed by atoms with Gasteiger partial charge in [-0.3, -0.25) is 9.69 Å². The summed E-state index contributed by atoms with van der Waals surface area (Å²) in [5.74, 6) is 0.153. The molecular weight excluding hydrogens is 250 g/mol. The summed E-state index contributed by atoms with van der Waals surface area (Å²) < 4.78 is 0. The smallest absolute Gasteiger partial charge is 0.188 e. The van der Waals surface area contributed by atoms with Crippen LogP contribution in [0.3, 0.4) is 0 Å². The highest BCUT2D eigenvalue weighted by molar-refractivity contribution is 6.11. The standard InChI is InChI=1S/C16H17N3O/c1-19-10-14(12-2-6-17-7-3-12)16(20)15(11-19)13-4-8-18-9-5-13/h2-9,17-18H,10-11H2,1H3. The van der Waals surface area contributed by atoms with Gasteiger partial charge in [0.05, 0.1) is 0 Å². The van der Waals surface area contributed by atoms with Gasteiger partial charge in [0.2, 0.25) is 0 Å². The van der Waals surface area contributed by atoms with Crippen LogP contribution in [-0.4, -0.2) is 30.8 Å². The second kappa shape index (κ2) is 5.35. The van der Waals surface area contributed by atoms with Crippen molar-refractivity contribution in [2.24, 2.45) is 0 Å². The highest BCUT2D eigenvalue weighted by atomic mass is 16.1. The predicted octanol–water partition coefficient (Wildman–Crippen LogP) is 1.36. The first-order valence-electron chi connectivity index (χ1n) is 6.63. The fourth-order valence-electron chi connectivity index (χ4n) is 2.54. The van der Waals surface area contributed by atoms with Crippen molar-refractivity contribution >= 4 is 5.78 Å². The van der Waals surface area contributed by atoms with Crippen LogP contribution in [0.15, 0.2) is 71.4 Å². The highest BCUT2D eigenvalue weighted by Gasteiger charge is 2.27. The van der Waals surface area contributed by atoms with Crippen molar-refractivity contribution < 1.29 is 4.79 Å². The second-order valence-electron chi connectivity index (χ2n) is 5.04. The molecule has 3 heterocycles. The Bertz CT molecular complexity index is 538. The van der Waals surface area contributed by atoms with Crippen molar-refractivity contribution in [3.8, 4) is 0 Å². The molecule has 3 aliphatic heterocycles. The molecule has 0 saturated carbocycles. The van der Waals surface area contributed by atoms with Gasteiger partial charge in [-0.05, 0) is 42.5 Å². The molecule has 0 aromatic rings. The lowest BCUT2D eigenvalue weighted by Gasteiger charge is -2.28. The van der Waals surface area contributed by atoms with Gasteiger partial charge < -0.3 is 10.6 Å². The Morgan fingerprint density at radius 2 is 1.25 bits per heavy atom. The van der Waals surface area contributed by atoms with Crippen molar-refractivity contribution in [2.45, 2.75) is 0 Å². The SMILES string of the molecule is CN1CC(=C2C=CNC=C2)C(=O)C(=C2C=CNC=C2)C1. The molecule has 0 unspecified atom stereocenters. The molecule has 4 heteroatoms. The predicted molar refractivity (Wildman–Crippen MR) is 79.4 cm³/mol. The molecule has 0 bridgehead atoms. The van der Waals surface area contributed by atoms with E-state index in [-0.39, 0.29) is 5.78 Å². The zero-order chi connectivity index (χ0) is 13.9. The number of piperidine rings is 1. The van der Waals surface area contributed by atoms with Gasteiger partial charge in [-0.15, -0.1) is 0 Å². The monoisotopic (exact) mass is 267 g/mol. The Balaban J connectivity index is 2.04. The Hall–Kier alpha value is -2.33. The average Bonchev–Trinajstić information content (AvgIpc) is 2.51. The van der Waals surface area contributed by atoms with Gasteiger partial charge in [-0.1, -0.05) is 0 Å². The summed E-state index contributed by atoms with van der Waals surface area (Å²) in [6.07, 6.45) is 15.2. The van der Waals surface area contributed by atoms with E-state index < -0.39 is 0 Å². The zero-order valence-corrected chi connectivity index (χ0v) is 11.4. The number of Topliss-reactive ketones (excluding diaryl/α,β-unsaturated/α-hetero) is 1. The van der Waals surface area contributed by atoms with Crippen LogP contribution in [-0.2, 0) is 4.79 Å². The number of nitrogens with one attached hydrogen (secondary N) is 2. The summed E-state index contributed by atoms with van der Waals surface area (Å²) in [4.78, 5) is 14.9. The number of likely N-dealkylation sites (tertiary alicyclic amines) is 1. The lowest BCUT2D eigenvalue weighted by Crippen LogP contribution is -2.36. The fraction of sp³-hybridized carbons (Fsp3) is 0.188. The van der Waals surface area contributed by atoms with E-state index in [9.17, 15) is 4.79 Å². The van der Waals surface area contributed by atoms with Crippen LogP contribution >= 0.6 is 0 Å². The number of likely N-dealkylation sites (N-methyl/N-ethyl adjacent to an activating group) is 1. The van der Waals surface area contributed by atoms with Crippen molar-refractivity contribution in [2.75, 3.05) is 20.1 Å². The summed E-state index contributed by atoms with van der Waals surface area (Å²) in [6, 6.07) is 0. The molecule has 2 N–H and O–H groups in total. The van der Waals surface area contributed by atoms with E-state index in [2.05, 4.69) is 15.5 Å². The maximum Gasteiger partial charge on any atom is 0.188 e. The first-order chi connectivity index (χ1) is 9.75. The molecule has 0 spiro atoms. The van der Waals surface area contributed by atoms with E-state index in [4.69, 9.17) is 0 Å². The van der Waals surface area contributed by atoms with Crippen LogP contribution in [0.2, 0.25) is 0 Å². The summed E-state index contributed by atoms with van der Waals surface area (Å²) in [5.41, 5.74) is 3.69. The third kappa shape index (κ3) is 2.38. The Labute approximate surface area is 118 Å². The number of carbonyl (C=O) groups excluding carboxylic acids is 1. The Morgan fingerprint density at radius 3 is 1.65 bits per heavy atom. The van der Waals surface area contributed by atoms with Crippen LogP contribution in [0.4, 0.5) is 0 Å². The Kier molecular flexibility index (Phi) is 3.39. The first kappa shape index (κ1) is 12.7. The van der Waals surface area contributed by atoms with Gasteiger partial charge in [0, 0.05) is 49.0 Å². The number of rotatable bonds is 0. The molecule has 1 fully saturated rings. The first-order valence-corrected chi connectivity index (χ1v) is 6.63. The third-order valence-electron chi connectivity index (χ3n) is 3.54. The summed E-state index contributed by atoms with van der Waals surface area (Å²) in [6.45, 7) is 1.37. The summed E-state index contributed by atoms with van der Waals surface area (Å²) in [5, 5.41) is 5.98. The third-order valence-corrected chi connectivity index (χ3v) is 3.54. The maximum absolute atomic E-state index is 12.8. The minimum absolute atomic E-state index is 0.153. The van der Waals surface area contributed by atoms with Gasteiger partial charge in [0.25, 0.3) is 0 Å². The molecule has 0 amide bonds. The number of ketones is 1. The number of carbonyl (C=O) groups is 1. The molecule has 4 nitrogen and oxygen atoms in total. The van der Waals surface area contributed by atoms with Crippen molar-refractivity contribution in [1.29, 1.82) is 0 Å². The molecule has 20 heavy (non-hydrogen) atoms. The van der Waals surface area contributed by atoms with Crippen molar-refractivity contribution in [3.05, 3.63) is 71.4 Å². The molecule has 102 valence electrons.